The van der Waals surface area contributed by atoms with Crippen LogP contribution in [0.1, 0.15) is 0 Å². The SMILES string of the molecule is O=C(O)C(Cl)COc1cccc([N+](=O)[O-])c1Br. The first-order chi connectivity index (χ1) is 7.93. The van der Waals surface area contributed by atoms with Gasteiger partial charge in [0.2, 0.25) is 0 Å². The average Bonchev–Trinajstić information content (AvgIpc) is 2.26. The van der Waals surface area contributed by atoms with Gasteiger partial charge in [-0.3, -0.25) is 14.9 Å². The van der Waals surface area contributed by atoms with Crippen LogP contribution < -0.4 is 4.74 Å². The van der Waals surface area contributed by atoms with E-state index in [-0.39, 0.29) is 22.5 Å². The van der Waals surface area contributed by atoms with Crippen molar-refractivity contribution in [1.29, 1.82) is 0 Å². The molecule has 8 heteroatoms. The number of hydrogen-bond donors (Lipinski definition) is 1. The molecule has 1 rings (SSSR count). The number of nitrogens with zero attached hydrogens (tertiary/aromatic N) is 1. The molecule has 1 N–H and O–H groups in total. The Morgan fingerprint density at radius 1 is 1.65 bits per heavy atom. The van der Waals surface area contributed by atoms with Crippen LogP contribution in [0.15, 0.2) is 22.7 Å². The van der Waals surface area contributed by atoms with Crippen LogP contribution in [0.25, 0.3) is 0 Å². The van der Waals surface area contributed by atoms with Crippen molar-refractivity contribution in [3.63, 3.8) is 0 Å². The molecule has 6 nitrogen and oxygen atoms in total. The van der Waals surface area contributed by atoms with Gasteiger partial charge in [-0.05, 0) is 22.0 Å². The van der Waals surface area contributed by atoms with Crippen molar-refractivity contribution >= 4 is 39.2 Å². The number of carbonyl (C=O) groups is 1. The summed E-state index contributed by atoms with van der Waals surface area (Å²) in [6.45, 7) is -0.281. The van der Waals surface area contributed by atoms with Gasteiger partial charge in [0.1, 0.15) is 16.8 Å². The standard InChI is InChI=1S/C9H7BrClNO5/c10-8-6(12(15)16)2-1-3-7(8)17-4-5(11)9(13)14/h1-3,5H,4H2,(H,13,14). The highest BCUT2D eigenvalue weighted by Gasteiger charge is 2.19. The summed E-state index contributed by atoms with van der Waals surface area (Å²) in [6.07, 6.45) is 0. The predicted molar refractivity (Wildman–Crippen MR) is 63.6 cm³/mol. The van der Waals surface area contributed by atoms with Crippen LogP contribution in [0.3, 0.4) is 0 Å². The average molecular weight is 325 g/mol. The summed E-state index contributed by atoms with van der Waals surface area (Å²) in [5, 5.41) is 18.0. The lowest BCUT2D eigenvalue weighted by Crippen LogP contribution is -2.21. The summed E-state index contributed by atoms with van der Waals surface area (Å²) in [5.41, 5.74) is -0.163. The molecule has 0 radical (unpaired) electrons. The molecule has 17 heavy (non-hydrogen) atoms. The Morgan fingerprint density at radius 2 is 2.29 bits per heavy atom. The molecule has 0 amide bonds. The van der Waals surface area contributed by atoms with E-state index in [1.165, 1.54) is 18.2 Å². The fourth-order valence-electron chi connectivity index (χ4n) is 0.986. The van der Waals surface area contributed by atoms with Crippen molar-refractivity contribution in [2.24, 2.45) is 0 Å². The quantitative estimate of drug-likeness (QED) is 0.510. The molecule has 0 spiro atoms. The Bertz CT molecular complexity index is 453. The van der Waals surface area contributed by atoms with Crippen LogP contribution >= 0.6 is 27.5 Å². The van der Waals surface area contributed by atoms with Crippen molar-refractivity contribution in [3.05, 3.63) is 32.8 Å². The number of ether oxygens (including phenoxy) is 1. The largest absolute Gasteiger partial charge is 0.490 e. The fourth-order valence-corrected chi connectivity index (χ4v) is 1.57. The van der Waals surface area contributed by atoms with Crippen molar-refractivity contribution in [2.45, 2.75) is 5.38 Å². The third-order valence-corrected chi connectivity index (χ3v) is 2.90. The molecular weight excluding hydrogens is 317 g/mol. The van der Waals surface area contributed by atoms with Crippen molar-refractivity contribution in [1.82, 2.24) is 0 Å². The normalized spacial score (nSPS) is 11.9. The number of nitro groups is 1. The summed E-state index contributed by atoms with van der Waals surface area (Å²) in [5.74, 6) is -1.04. The molecule has 0 fully saturated rings. The van der Waals surface area contributed by atoms with Crippen LogP contribution in [0.5, 0.6) is 5.75 Å². The summed E-state index contributed by atoms with van der Waals surface area (Å²) in [4.78, 5) is 20.5. The zero-order chi connectivity index (χ0) is 13.0. The number of hydrogen-bond acceptors (Lipinski definition) is 4. The molecule has 0 aliphatic carbocycles. The van der Waals surface area contributed by atoms with E-state index in [4.69, 9.17) is 21.4 Å². The number of nitro benzene ring substituents is 1. The van der Waals surface area contributed by atoms with E-state index < -0.39 is 16.3 Å². The van der Waals surface area contributed by atoms with Gasteiger partial charge in [-0.1, -0.05) is 6.07 Å². The lowest BCUT2D eigenvalue weighted by atomic mass is 10.3. The van der Waals surface area contributed by atoms with Crippen LogP contribution in [0.4, 0.5) is 5.69 Å². The number of aliphatic carboxylic acids is 1. The maximum absolute atomic E-state index is 10.6. The minimum Gasteiger partial charge on any atom is -0.490 e. The summed E-state index contributed by atoms with van der Waals surface area (Å²) < 4.78 is 5.24. The summed E-state index contributed by atoms with van der Waals surface area (Å²) in [7, 11) is 0. The highest BCUT2D eigenvalue weighted by Crippen LogP contribution is 2.33. The second-order valence-corrected chi connectivity index (χ2v) is 4.28. The summed E-state index contributed by atoms with van der Waals surface area (Å²) in [6, 6.07) is 4.21. The molecule has 1 aromatic rings. The lowest BCUT2D eigenvalue weighted by molar-refractivity contribution is -0.385. The second kappa shape index (κ2) is 5.83. The third-order valence-electron chi connectivity index (χ3n) is 1.79. The number of halogens is 2. The molecule has 1 aromatic carbocycles. The highest BCUT2D eigenvalue weighted by molar-refractivity contribution is 9.10. The van der Waals surface area contributed by atoms with Crippen molar-refractivity contribution < 1.29 is 19.6 Å². The maximum atomic E-state index is 10.6. The number of carboxylic acid groups (broad SMARTS) is 1. The Morgan fingerprint density at radius 3 is 2.82 bits per heavy atom. The van der Waals surface area contributed by atoms with Crippen molar-refractivity contribution in [3.8, 4) is 5.75 Å². The number of rotatable bonds is 5. The minimum atomic E-state index is -1.21. The van der Waals surface area contributed by atoms with E-state index >= 15 is 0 Å². The first-order valence-electron chi connectivity index (χ1n) is 4.36. The molecule has 0 saturated heterocycles. The highest BCUT2D eigenvalue weighted by atomic mass is 79.9. The predicted octanol–water partition coefficient (Wildman–Crippen LogP) is 2.43. The first kappa shape index (κ1) is 13.7. The molecule has 1 atom stereocenters. The van der Waals surface area contributed by atoms with Gasteiger partial charge >= 0.3 is 5.97 Å². The van der Waals surface area contributed by atoms with Gasteiger partial charge < -0.3 is 9.84 Å². The Labute approximate surface area is 109 Å². The van der Waals surface area contributed by atoms with E-state index in [0.717, 1.165) is 0 Å². The van der Waals surface area contributed by atoms with Gasteiger partial charge in [0.25, 0.3) is 5.69 Å². The fraction of sp³-hybridized carbons (Fsp3) is 0.222. The van der Waals surface area contributed by atoms with Gasteiger partial charge in [-0.25, -0.2) is 0 Å². The Hall–Kier alpha value is -1.34. The van der Waals surface area contributed by atoms with Gasteiger partial charge in [0.05, 0.1) is 4.92 Å². The Kier molecular flexibility index (Phi) is 4.71. The van der Waals surface area contributed by atoms with Crippen LogP contribution in [-0.4, -0.2) is 28.0 Å². The molecule has 0 heterocycles. The molecule has 0 aliphatic rings. The molecule has 1 unspecified atom stereocenters. The van der Waals surface area contributed by atoms with Crippen molar-refractivity contribution in [2.75, 3.05) is 6.61 Å². The molecule has 0 aliphatic heterocycles. The van der Waals surface area contributed by atoms with Crippen LogP contribution in [0, 0.1) is 10.1 Å². The van der Waals surface area contributed by atoms with Gasteiger partial charge in [0, 0.05) is 6.07 Å². The van der Waals surface area contributed by atoms with Crippen LogP contribution in [0.2, 0.25) is 0 Å². The van der Waals surface area contributed by atoms with E-state index in [1.807, 2.05) is 0 Å². The van der Waals surface area contributed by atoms with E-state index in [0.29, 0.717) is 0 Å². The zero-order valence-corrected chi connectivity index (χ0v) is 10.6. The molecular formula is C9H7BrClNO5. The van der Waals surface area contributed by atoms with Gasteiger partial charge in [-0.15, -0.1) is 11.6 Å². The number of benzene rings is 1. The monoisotopic (exact) mass is 323 g/mol. The smallest absolute Gasteiger partial charge is 0.325 e. The third kappa shape index (κ3) is 3.57. The number of alkyl halides is 1. The van der Waals surface area contributed by atoms with E-state index in [9.17, 15) is 14.9 Å². The lowest BCUT2D eigenvalue weighted by Gasteiger charge is -2.09. The second-order valence-electron chi connectivity index (χ2n) is 2.96. The maximum Gasteiger partial charge on any atom is 0.325 e. The Balaban J connectivity index is 2.82. The minimum absolute atomic E-state index is 0.152. The van der Waals surface area contributed by atoms with Gasteiger partial charge in [0.15, 0.2) is 5.38 Å². The van der Waals surface area contributed by atoms with E-state index in [2.05, 4.69) is 15.9 Å². The number of carboxylic acids is 1. The topological polar surface area (TPSA) is 89.7 Å². The molecule has 0 saturated carbocycles. The summed E-state index contributed by atoms with van der Waals surface area (Å²) >= 11 is 8.46. The van der Waals surface area contributed by atoms with Gasteiger partial charge in [-0.2, -0.15) is 0 Å². The molecule has 0 bridgehead atoms. The first-order valence-corrected chi connectivity index (χ1v) is 5.59. The zero-order valence-electron chi connectivity index (χ0n) is 8.30. The van der Waals surface area contributed by atoms with Crippen LogP contribution in [-0.2, 0) is 4.79 Å². The molecule has 92 valence electrons. The molecule has 0 aromatic heterocycles. The van der Waals surface area contributed by atoms with E-state index in [1.54, 1.807) is 0 Å².